The third-order valence-corrected chi connectivity index (χ3v) is 5.90. The third kappa shape index (κ3) is 7.37. The standard InChI is InChI=1S/C26H34N2O6/c1-18-8-6-10-19(2)34-26(32)25-20(15-22(29)16-23(25)30)14-21(11-7-9-18)27-33-17-24(31)28-12-4-3-5-13-28/h6-8,11,15-16,18-19,29-30H,3-5,9-10,12-14,17H2,1-2H3/b8-6+,11-7+,27-21?/t18-,19-/m1/s1. The quantitative estimate of drug-likeness (QED) is 0.391. The van der Waals surface area contributed by atoms with E-state index in [1.165, 1.54) is 6.07 Å². The minimum Gasteiger partial charge on any atom is -0.508 e. The summed E-state index contributed by atoms with van der Waals surface area (Å²) in [6, 6.07) is 2.51. The minimum absolute atomic E-state index is 0.0236. The van der Waals surface area contributed by atoms with Crippen LogP contribution >= 0.6 is 0 Å². The average molecular weight is 471 g/mol. The zero-order chi connectivity index (χ0) is 24.5. The Labute approximate surface area is 200 Å². The van der Waals surface area contributed by atoms with Gasteiger partial charge < -0.3 is 24.7 Å². The van der Waals surface area contributed by atoms with Crippen molar-refractivity contribution in [3.05, 3.63) is 47.6 Å². The molecular formula is C26H34N2O6. The van der Waals surface area contributed by atoms with Gasteiger partial charge in [-0.15, -0.1) is 0 Å². The van der Waals surface area contributed by atoms with Crippen LogP contribution in [-0.4, -0.2) is 58.5 Å². The molecule has 2 aliphatic heterocycles. The fourth-order valence-electron chi connectivity index (χ4n) is 4.06. The summed E-state index contributed by atoms with van der Waals surface area (Å²) in [4.78, 5) is 32.4. The van der Waals surface area contributed by atoms with Crippen LogP contribution in [0.2, 0.25) is 0 Å². The number of fused-ring (bicyclic) bond motifs is 1. The van der Waals surface area contributed by atoms with Gasteiger partial charge in [-0.05, 0) is 56.2 Å². The van der Waals surface area contributed by atoms with Crippen LogP contribution in [0.3, 0.4) is 0 Å². The highest BCUT2D eigenvalue weighted by molar-refractivity contribution is 6.00. The van der Waals surface area contributed by atoms with Gasteiger partial charge in [0.25, 0.3) is 5.91 Å². The number of oxime groups is 1. The van der Waals surface area contributed by atoms with Crippen LogP contribution < -0.4 is 0 Å². The minimum atomic E-state index is -0.678. The first-order chi connectivity index (χ1) is 16.3. The summed E-state index contributed by atoms with van der Waals surface area (Å²) in [6.07, 6.45) is 11.9. The molecule has 0 saturated carbocycles. The molecular weight excluding hydrogens is 436 g/mol. The lowest BCUT2D eigenvalue weighted by Crippen LogP contribution is -2.37. The molecule has 1 aromatic rings. The van der Waals surface area contributed by atoms with Gasteiger partial charge in [0.1, 0.15) is 23.2 Å². The fraction of sp³-hybridized carbons (Fsp3) is 0.500. The summed E-state index contributed by atoms with van der Waals surface area (Å²) < 4.78 is 5.52. The number of phenols is 2. The number of ether oxygens (including phenoxy) is 1. The van der Waals surface area contributed by atoms with E-state index >= 15 is 0 Å². The SMILES string of the molecule is C[C@@H]1/C=C/C[C@@H](C)OC(=O)c2c(O)cc(O)cc2CC(=NOCC(=O)N2CCCCC2)/C=C/C1. The first-order valence-corrected chi connectivity index (χ1v) is 11.9. The Morgan fingerprint density at radius 2 is 1.91 bits per heavy atom. The summed E-state index contributed by atoms with van der Waals surface area (Å²) in [5, 5.41) is 24.6. The van der Waals surface area contributed by atoms with Gasteiger partial charge in [-0.1, -0.05) is 30.3 Å². The fourth-order valence-corrected chi connectivity index (χ4v) is 4.06. The third-order valence-electron chi connectivity index (χ3n) is 5.90. The number of likely N-dealkylation sites (tertiary alicyclic amines) is 1. The van der Waals surface area contributed by atoms with Crippen molar-refractivity contribution in [3.63, 3.8) is 0 Å². The van der Waals surface area contributed by atoms with Gasteiger partial charge in [-0.2, -0.15) is 0 Å². The molecule has 0 spiro atoms. The molecule has 1 fully saturated rings. The Hall–Kier alpha value is -3.29. The van der Waals surface area contributed by atoms with Gasteiger partial charge in [0.05, 0.1) is 5.71 Å². The van der Waals surface area contributed by atoms with Gasteiger partial charge >= 0.3 is 5.97 Å². The highest BCUT2D eigenvalue weighted by Crippen LogP contribution is 2.29. The average Bonchev–Trinajstić information content (AvgIpc) is 2.78. The number of benzene rings is 1. The maximum Gasteiger partial charge on any atom is 0.342 e. The van der Waals surface area contributed by atoms with Crippen molar-refractivity contribution in [2.75, 3.05) is 19.7 Å². The molecule has 2 aliphatic rings. The summed E-state index contributed by atoms with van der Waals surface area (Å²) in [5.41, 5.74) is 0.779. The molecule has 2 atom stereocenters. The van der Waals surface area contributed by atoms with Gasteiger partial charge in [0.2, 0.25) is 0 Å². The number of esters is 1. The second-order valence-corrected chi connectivity index (χ2v) is 8.97. The number of hydrogen-bond acceptors (Lipinski definition) is 7. The van der Waals surface area contributed by atoms with Crippen LogP contribution in [0.1, 0.15) is 61.9 Å². The number of rotatable bonds is 3. The number of nitrogens with zero attached hydrogens (tertiary/aromatic N) is 2. The Bertz CT molecular complexity index is 962. The predicted molar refractivity (Wildman–Crippen MR) is 129 cm³/mol. The monoisotopic (exact) mass is 470 g/mol. The molecule has 2 heterocycles. The highest BCUT2D eigenvalue weighted by Gasteiger charge is 2.22. The molecule has 0 bridgehead atoms. The number of carbonyl (C=O) groups excluding carboxylic acids is 2. The van der Waals surface area contributed by atoms with Gasteiger partial charge in [0, 0.05) is 32.0 Å². The number of allylic oxidation sites excluding steroid dienone is 3. The molecule has 2 N–H and O–H groups in total. The van der Waals surface area contributed by atoms with E-state index in [1.807, 2.05) is 12.2 Å². The molecule has 0 unspecified atom stereocenters. The Kier molecular flexibility index (Phi) is 9.13. The molecule has 0 aliphatic carbocycles. The number of amides is 1. The van der Waals surface area contributed by atoms with Crippen molar-refractivity contribution in [1.82, 2.24) is 4.90 Å². The molecule has 0 radical (unpaired) electrons. The molecule has 0 aromatic heterocycles. The molecule has 1 amide bonds. The molecule has 34 heavy (non-hydrogen) atoms. The number of phenolic OH excluding ortho intramolecular Hbond substituents is 2. The van der Waals surface area contributed by atoms with Crippen molar-refractivity contribution >= 4 is 17.6 Å². The lowest BCUT2D eigenvalue weighted by Gasteiger charge is -2.26. The Balaban J connectivity index is 1.86. The lowest BCUT2D eigenvalue weighted by molar-refractivity contribution is -0.137. The maximum absolute atomic E-state index is 12.8. The van der Waals surface area contributed by atoms with Crippen molar-refractivity contribution < 1.29 is 29.4 Å². The van der Waals surface area contributed by atoms with E-state index in [0.29, 0.717) is 17.7 Å². The van der Waals surface area contributed by atoms with Crippen LogP contribution in [-0.2, 0) is 20.8 Å². The topological polar surface area (TPSA) is 109 Å². The predicted octanol–water partition coefficient (Wildman–Crippen LogP) is 4.11. The smallest absolute Gasteiger partial charge is 0.342 e. The second kappa shape index (κ2) is 12.3. The van der Waals surface area contributed by atoms with E-state index in [4.69, 9.17) is 9.57 Å². The summed E-state index contributed by atoms with van der Waals surface area (Å²) in [5.74, 6) is -1.07. The van der Waals surface area contributed by atoms with E-state index in [2.05, 4.69) is 18.2 Å². The number of cyclic esters (lactones) is 1. The van der Waals surface area contributed by atoms with Crippen molar-refractivity contribution in [1.29, 1.82) is 0 Å². The zero-order valence-corrected chi connectivity index (χ0v) is 19.9. The second-order valence-electron chi connectivity index (χ2n) is 8.97. The molecule has 8 heteroatoms. The largest absolute Gasteiger partial charge is 0.508 e. The van der Waals surface area contributed by atoms with Gasteiger partial charge in [-0.3, -0.25) is 4.79 Å². The van der Waals surface area contributed by atoms with Crippen LogP contribution in [0.25, 0.3) is 0 Å². The van der Waals surface area contributed by atoms with Crippen molar-refractivity contribution in [2.45, 2.75) is 58.5 Å². The molecule has 3 rings (SSSR count). The summed E-state index contributed by atoms with van der Waals surface area (Å²) in [7, 11) is 0. The zero-order valence-electron chi connectivity index (χ0n) is 19.9. The van der Waals surface area contributed by atoms with E-state index in [0.717, 1.165) is 44.8 Å². The summed E-state index contributed by atoms with van der Waals surface area (Å²) in [6.45, 7) is 5.16. The van der Waals surface area contributed by atoms with E-state index in [-0.39, 0.29) is 48.0 Å². The maximum atomic E-state index is 12.8. The molecule has 8 nitrogen and oxygen atoms in total. The van der Waals surface area contributed by atoms with Crippen LogP contribution in [0, 0.1) is 5.92 Å². The van der Waals surface area contributed by atoms with Crippen molar-refractivity contribution in [3.8, 4) is 11.5 Å². The number of carbonyl (C=O) groups is 2. The van der Waals surface area contributed by atoms with Crippen LogP contribution in [0.4, 0.5) is 0 Å². The molecule has 1 saturated heterocycles. The summed E-state index contributed by atoms with van der Waals surface area (Å²) >= 11 is 0. The molecule has 1 aromatic carbocycles. The van der Waals surface area contributed by atoms with Crippen molar-refractivity contribution in [2.24, 2.45) is 11.1 Å². The van der Waals surface area contributed by atoms with E-state index in [9.17, 15) is 19.8 Å². The first-order valence-electron chi connectivity index (χ1n) is 11.9. The normalized spacial score (nSPS) is 25.1. The van der Waals surface area contributed by atoms with Gasteiger partial charge in [-0.25, -0.2) is 4.79 Å². The Morgan fingerprint density at radius 3 is 2.68 bits per heavy atom. The first kappa shape index (κ1) is 25.3. The van der Waals surface area contributed by atoms with E-state index in [1.54, 1.807) is 17.9 Å². The van der Waals surface area contributed by atoms with E-state index < -0.39 is 5.97 Å². The lowest BCUT2D eigenvalue weighted by atomic mass is 9.99. The Morgan fingerprint density at radius 1 is 1.15 bits per heavy atom. The number of piperidine rings is 1. The van der Waals surface area contributed by atoms with Crippen LogP contribution in [0.5, 0.6) is 11.5 Å². The number of aromatic hydroxyl groups is 2. The van der Waals surface area contributed by atoms with Crippen LogP contribution in [0.15, 0.2) is 41.6 Å². The molecule has 184 valence electrons. The van der Waals surface area contributed by atoms with Gasteiger partial charge in [0.15, 0.2) is 6.61 Å². The highest BCUT2D eigenvalue weighted by atomic mass is 16.6. The number of hydrogen-bond donors (Lipinski definition) is 2.